The van der Waals surface area contributed by atoms with E-state index in [0.29, 0.717) is 13.2 Å². The highest BCUT2D eigenvalue weighted by Gasteiger charge is 2.18. The molecule has 1 atom stereocenters. The minimum Gasteiger partial charge on any atom is -0.362 e. The Hall–Kier alpha value is -0.830. The van der Waals surface area contributed by atoms with Gasteiger partial charge in [0.1, 0.15) is 0 Å². The van der Waals surface area contributed by atoms with Crippen molar-refractivity contribution in [1.29, 1.82) is 0 Å². The van der Waals surface area contributed by atoms with Crippen molar-refractivity contribution in [3.8, 4) is 0 Å². The van der Waals surface area contributed by atoms with Crippen LogP contribution in [0.1, 0.15) is 0 Å². The molecule has 0 aromatic carbocycles. The maximum absolute atomic E-state index is 10.7. The molecule has 1 aliphatic rings. The van der Waals surface area contributed by atoms with E-state index >= 15 is 0 Å². The Bertz CT molecular complexity index is 133. The molecule has 1 amide bonds. The van der Waals surface area contributed by atoms with E-state index in [1.165, 1.54) is 6.08 Å². The van der Waals surface area contributed by atoms with Gasteiger partial charge in [0.25, 0.3) is 5.91 Å². The molecule has 0 aromatic rings. The summed E-state index contributed by atoms with van der Waals surface area (Å²) in [4.78, 5) is 10.7. The molecule has 9 heavy (non-hydrogen) atoms. The molecule has 0 saturated carbocycles. The smallest absolute Gasteiger partial charge is 0.253 e. The number of ether oxygens (including phenoxy) is 1. The van der Waals surface area contributed by atoms with Crippen molar-refractivity contribution >= 4 is 5.91 Å². The van der Waals surface area contributed by atoms with Crippen molar-refractivity contribution in [1.82, 2.24) is 5.32 Å². The van der Waals surface area contributed by atoms with Crippen LogP contribution in [-0.2, 0) is 9.53 Å². The quantitative estimate of drug-likeness (QED) is 0.490. The van der Waals surface area contributed by atoms with Gasteiger partial charge in [-0.1, -0.05) is 12.7 Å². The number of carbonyl (C=O) groups is 1. The Kier molecular flexibility index (Phi) is 1.85. The lowest BCUT2D eigenvalue weighted by Gasteiger charge is -2.18. The van der Waals surface area contributed by atoms with E-state index in [2.05, 4.69) is 11.9 Å². The van der Waals surface area contributed by atoms with Crippen LogP contribution in [0, 0.1) is 0 Å². The van der Waals surface area contributed by atoms with Gasteiger partial charge in [-0.05, 0) is 0 Å². The highest BCUT2D eigenvalue weighted by atomic mass is 16.5. The number of hydrogen-bond donors (Lipinski definition) is 1. The largest absolute Gasteiger partial charge is 0.362 e. The fraction of sp³-hybridized carbons (Fsp3) is 0.500. The number of carbonyl (C=O) groups excluding carboxylic acids is 1. The summed E-state index contributed by atoms with van der Waals surface area (Å²) in [6.07, 6.45) is 1.06. The van der Waals surface area contributed by atoms with Crippen LogP contribution in [-0.4, -0.2) is 25.2 Å². The monoisotopic (exact) mass is 127 g/mol. The summed E-state index contributed by atoms with van der Waals surface area (Å²) in [7, 11) is 0. The Balaban J connectivity index is 2.48. The summed E-state index contributed by atoms with van der Waals surface area (Å²) >= 11 is 0. The molecule has 1 fully saturated rings. The van der Waals surface area contributed by atoms with Gasteiger partial charge in [-0.2, -0.15) is 0 Å². The van der Waals surface area contributed by atoms with Gasteiger partial charge < -0.3 is 10.1 Å². The maximum atomic E-state index is 10.7. The van der Waals surface area contributed by atoms with Crippen molar-refractivity contribution in [2.75, 3.05) is 13.2 Å². The second-order valence-corrected chi connectivity index (χ2v) is 1.82. The van der Waals surface area contributed by atoms with Crippen LogP contribution in [0.25, 0.3) is 0 Å². The van der Waals surface area contributed by atoms with Crippen molar-refractivity contribution in [3.63, 3.8) is 0 Å². The molecule has 0 radical (unpaired) electrons. The summed E-state index contributed by atoms with van der Waals surface area (Å²) < 4.78 is 5.01. The minimum absolute atomic E-state index is 0.0868. The molecule has 1 saturated heterocycles. The van der Waals surface area contributed by atoms with E-state index in [1.807, 2.05) is 0 Å². The zero-order valence-corrected chi connectivity index (χ0v) is 5.09. The number of hydrogen-bond acceptors (Lipinski definition) is 2. The van der Waals surface area contributed by atoms with Crippen LogP contribution in [0.5, 0.6) is 0 Å². The van der Waals surface area contributed by atoms with E-state index in [-0.39, 0.29) is 5.91 Å². The van der Waals surface area contributed by atoms with Crippen LogP contribution in [0.15, 0.2) is 12.7 Å². The predicted molar refractivity (Wildman–Crippen MR) is 32.9 cm³/mol. The fourth-order valence-corrected chi connectivity index (χ4v) is 0.711. The van der Waals surface area contributed by atoms with E-state index in [0.717, 1.165) is 0 Å². The molecule has 0 spiro atoms. The average Bonchev–Trinajstić information content (AvgIpc) is 1.89. The SMILES string of the molecule is C=CC1OCCNC1=O. The summed E-state index contributed by atoms with van der Waals surface area (Å²) in [6.45, 7) is 4.65. The Morgan fingerprint density at radius 2 is 2.67 bits per heavy atom. The Labute approximate surface area is 53.7 Å². The van der Waals surface area contributed by atoms with E-state index < -0.39 is 6.10 Å². The fourth-order valence-electron chi connectivity index (χ4n) is 0.711. The third kappa shape index (κ3) is 1.29. The molecular formula is C6H9NO2. The molecule has 0 bridgehead atoms. The highest BCUT2D eigenvalue weighted by Crippen LogP contribution is 1.96. The van der Waals surface area contributed by atoms with Crippen molar-refractivity contribution in [3.05, 3.63) is 12.7 Å². The van der Waals surface area contributed by atoms with Crippen molar-refractivity contribution in [2.24, 2.45) is 0 Å². The average molecular weight is 127 g/mol. The van der Waals surface area contributed by atoms with Gasteiger partial charge in [0.15, 0.2) is 6.10 Å². The lowest BCUT2D eigenvalue weighted by atomic mass is 10.3. The molecule has 0 aliphatic carbocycles. The standard InChI is InChI=1S/C6H9NO2/c1-2-5-6(8)7-3-4-9-5/h2,5H,1,3-4H2,(H,7,8). The third-order valence-electron chi connectivity index (χ3n) is 1.17. The third-order valence-corrected chi connectivity index (χ3v) is 1.17. The number of rotatable bonds is 1. The first-order valence-corrected chi connectivity index (χ1v) is 2.86. The predicted octanol–water partition coefficient (Wildman–Crippen LogP) is -0.313. The first-order chi connectivity index (χ1) is 4.34. The van der Waals surface area contributed by atoms with Crippen molar-refractivity contribution < 1.29 is 9.53 Å². The van der Waals surface area contributed by atoms with Crippen LogP contribution in [0.4, 0.5) is 0 Å². The zero-order chi connectivity index (χ0) is 6.69. The summed E-state index contributed by atoms with van der Waals surface area (Å²) in [5.41, 5.74) is 0. The minimum atomic E-state index is -0.432. The van der Waals surface area contributed by atoms with Crippen LogP contribution >= 0.6 is 0 Å². The first-order valence-electron chi connectivity index (χ1n) is 2.86. The second kappa shape index (κ2) is 2.64. The van der Waals surface area contributed by atoms with Crippen LogP contribution < -0.4 is 5.32 Å². The van der Waals surface area contributed by atoms with Gasteiger partial charge in [-0.15, -0.1) is 0 Å². The molecule has 3 nitrogen and oxygen atoms in total. The molecule has 50 valence electrons. The van der Waals surface area contributed by atoms with Gasteiger partial charge in [0.2, 0.25) is 0 Å². The first kappa shape index (κ1) is 6.29. The normalized spacial score (nSPS) is 27.1. The molecular weight excluding hydrogens is 118 g/mol. The van der Waals surface area contributed by atoms with E-state index in [9.17, 15) is 4.79 Å². The van der Waals surface area contributed by atoms with Gasteiger partial charge >= 0.3 is 0 Å². The molecule has 1 heterocycles. The summed E-state index contributed by atoms with van der Waals surface area (Å²) in [5.74, 6) is -0.0868. The Morgan fingerprint density at radius 1 is 1.89 bits per heavy atom. The highest BCUT2D eigenvalue weighted by molar-refractivity contribution is 5.83. The zero-order valence-electron chi connectivity index (χ0n) is 5.09. The topological polar surface area (TPSA) is 38.3 Å². The second-order valence-electron chi connectivity index (χ2n) is 1.82. The van der Waals surface area contributed by atoms with Gasteiger partial charge in [0, 0.05) is 6.54 Å². The molecule has 3 heteroatoms. The summed E-state index contributed by atoms with van der Waals surface area (Å²) in [5, 5.41) is 2.65. The lowest BCUT2D eigenvalue weighted by Crippen LogP contribution is -2.43. The number of nitrogens with one attached hydrogen (secondary N) is 1. The van der Waals surface area contributed by atoms with Crippen molar-refractivity contribution in [2.45, 2.75) is 6.10 Å². The molecule has 1 N–H and O–H groups in total. The number of amides is 1. The molecule has 1 unspecified atom stereocenters. The van der Waals surface area contributed by atoms with Gasteiger partial charge in [-0.25, -0.2) is 0 Å². The van der Waals surface area contributed by atoms with Gasteiger partial charge in [-0.3, -0.25) is 4.79 Å². The maximum Gasteiger partial charge on any atom is 0.253 e. The lowest BCUT2D eigenvalue weighted by molar-refractivity contribution is -0.134. The molecule has 1 aliphatic heterocycles. The van der Waals surface area contributed by atoms with E-state index in [4.69, 9.17) is 4.74 Å². The van der Waals surface area contributed by atoms with Gasteiger partial charge in [0.05, 0.1) is 6.61 Å². The van der Waals surface area contributed by atoms with E-state index in [1.54, 1.807) is 0 Å². The molecule has 1 rings (SSSR count). The van der Waals surface area contributed by atoms with Crippen LogP contribution in [0.2, 0.25) is 0 Å². The Morgan fingerprint density at radius 3 is 3.11 bits per heavy atom. The summed E-state index contributed by atoms with van der Waals surface area (Å²) in [6, 6.07) is 0. The molecule has 0 aromatic heterocycles. The number of morpholine rings is 1. The van der Waals surface area contributed by atoms with Crippen LogP contribution in [0.3, 0.4) is 0 Å².